The molecule has 7 heteroatoms. The second kappa shape index (κ2) is 7.82. The maximum Gasteiger partial charge on any atom is 0.254 e. The molecule has 0 atom stereocenters. The second-order valence-corrected chi connectivity index (χ2v) is 5.64. The van der Waals surface area contributed by atoms with E-state index in [4.69, 9.17) is 4.74 Å². The predicted octanol–water partition coefficient (Wildman–Crippen LogP) is 1.71. The summed E-state index contributed by atoms with van der Waals surface area (Å²) in [6.07, 6.45) is 3.53. The molecule has 0 unspecified atom stereocenters. The summed E-state index contributed by atoms with van der Waals surface area (Å²) in [7, 11) is 1.52. The first-order chi connectivity index (χ1) is 11.1. The lowest BCUT2D eigenvalue weighted by molar-refractivity contribution is 0.0948. The first-order valence-electron chi connectivity index (χ1n) is 7.09. The highest BCUT2D eigenvalue weighted by Crippen LogP contribution is 2.16. The van der Waals surface area contributed by atoms with Crippen molar-refractivity contribution in [2.45, 2.75) is 18.5 Å². The molecule has 0 saturated carbocycles. The number of hydrogen-bond donors (Lipinski definition) is 1. The van der Waals surface area contributed by atoms with Gasteiger partial charge in [-0.1, -0.05) is 0 Å². The average Bonchev–Trinajstić information content (AvgIpc) is 2.56. The number of methoxy groups -OCH3 is 1. The second-order valence-electron chi connectivity index (χ2n) is 4.84. The molecule has 0 aliphatic carbocycles. The van der Waals surface area contributed by atoms with E-state index in [1.54, 1.807) is 29.0 Å². The number of rotatable bonds is 6. The fourth-order valence-corrected chi connectivity index (χ4v) is 2.75. The van der Waals surface area contributed by atoms with E-state index in [1.165, 1.54) is 24.9 Å². The number of aromatic nitrogens is 2. The first kappa shape index (κ1) is 17.1. The average molecular weight is 333 g/mol. The summed E-state index contributed by atoms with van der Waals surface area (Å²) in [6, 6.07) is 6.68. The Hall–Kier alpha value is -2.28. The summed E-state index contributed by atoms with van der Waals surface area (Å²) >= 11 is 1.42. The summed E-state index contributed by atoms with van der Waals surface area (Å²) in [4.78, 5) is 28.4. The molecule has 2 aromatic heterocycles. The Labute approximate surface area is 138 Å². The Morgan fingerprint density at radius 1 is 1.43 bits per heavy atom. The third-order valence-electron chi connectivity index (χ3n) is 3.37. The van der Waals surface area contributed by atoms with E-state index in [0.717, 1.165) is 5.69 Å². The van der Waals surface area contributed by atoms with Crippen LogP contribution in [0.25, 0.3) is 0 Å². The first-order valence-corrected chi connectivity index (χ1v) is 8.32. The van der Waals surface area contributed by atoms with Crippen LogP contribution in [0.5, 0.6) is 5.75 Å². The van der Waals surface area contributed by atoms with Crippen LogP contribution in [0.15, 0.2) is 40.3 Å². The molecule has 2 heterocycles. The number of nitrogens with one attached hydrogen (secondary N) is 1. The van der Waals surface area contributed by atoms with Gasteiger partial charge in [0.1, 0.15) is 10.8 Å². The largest absolute Gasteiger partial charge is 0.496 e. The Morgan fingerprint density at radius 2 is 2.22 bits per heavy atom. The van der Waals surface area contributed by atoms with E-state index in [1.807, 2.05) is 13.2 Å². The molecule has 0 fully saturated rings. The minimum atomic E-state index is -0.193. The maximum atomic E-state index is 12.2. The normalized spacial score (nSPS) is 10.4. The van der Waals surface area contributed by atoms with Crippen molar-refractivity contribution in [3.63, 3.8) is 0 Å². The number of carbonyl (C=O) groups excluding carboxylic acids is 1. The number of nitrogens with zero attached hydrogens (tertiary/aromatic N) is 2. The minimum absolute atomic E-state index is 0.151. The van der Waals surface area contributed by atoms with Gasteiger partial charge in [-0.3, -0.25) is 9.59 Å². The number of thioether (sulfide) groups is 1. The van der Waals surface area contributed by atoms with E-state index < -0.39 is 0 Å². The molecule has 0 spiro atoms. The van der Waals surface area contributed by atoms with Crippen LogP contribution in [0, 0.1) is 6.92 Å². The van der Waals surface area contributed by atoms with Crippen molar-refractivity contribution in [3.8, 4) is 5.75 Å². The Balaban J connectivity index is 2.03. The smallest absolute Gasteiger partial charge is 0.254 e. The summed E-state index contributed by atoms with van der Waals surface area (Å²) in [5.74, 6) is 0.342. The van der Waals surface area contributed by atoms with Crippen LogP contribution < -0.4 is 15.6 Å². The van der Waals surface area contributed by atoms with Crippen molar-refractivity contribution in [2.24, 2.45) is 0 Å². The van der Waals surface area contributed by atoms with Crippen molar-refractivity contribution in [2.75, 3.05) is 19.9 Å². The van der Waals surface area contributed by atoms with Crippen LogP contribution in [0.2, 0.25) is 0 Å². The number of ether oxygens (including phenoxy) is 1. The van der Waals surface area contributed by atoms with Crippen molar-refractivity contribution >= 4 is 17.7 Å². The topological polar surface area (TPSA) is 73.2 Å². The van der Waals surface area contributed by atoms with Gasteiger partial charge in [-0.2, -0.15) is 0 Å². The summed E-state index contributed by atoms with van der Waals surface area (Å²) in [6.45, 7) is 2.59. The number of hydrogen-bond acceptors (Lipinski definition) is 5. The molecular formula is C16H19N3O3S. The zero-order chi connectivity index (χ0) is 16.8. The molecule has 122 valence electrons. The summed E-state index contributed by atoms with van der Waals surface area (Å²) < 4.78 is 6.66. The summed E-state index contributed by atoms with van der Waals surface area (Å²) in [5, 5.41) is 3.51. The number of carbonyl (C=O) groups is 1. The Bertz CT molecular complexity index is 758. The van der Waals surface area contributed by atoms with E-state index >= 15 is 0 Å². The number of amides is 1. The van der Waals surface area contributed by atoms with Gasteiger partial charge in [0, 0.05) is 31.0 Å². The van der Waals surface area contributed by atoms with Crippen LogP contribution >= 0.6 is 11.8 Å². The molecule has 6 nitrogen and oxygen atoms in total. The van der Waals surface area contributed by atoms with Crippen LogP contribution in [0.1, 0.15) is 16.1 Å². The van der Waals surface area contributed by atoms with Gasteiger partial charge in [0.2, 0.25) is 0 Å². The molecule has 0 aliphatic rings. The van der Waals surface area contributed by atoms with E-state index in [-0.39, 0.29) is 11.5 Å². The van der Waals surface area contributed by atoms with Crippen LogP contribution in [0.4, 0.5) is 0 Å². The van der Waals surface area contributed by atoms with Gasteiger partial charge in [-0.15, -0.1) is 11.8 Å². The molecule has 2 rings (SSSR count). The third-order valence-corrected chi connectivity index (χ3v) is 4.09. The van der Waals surface area contributed by atoms with Crippen LogP contribution in [-0.4, -0.2) is 35.4 Å². The van der Waals surface area contributed by atoms with Crippen molar-refractivity contribution < 1.29 is 9.53 Å². The van der Waals surface area contributed by atoms with Crippen LogP contribution in [-0.2, 0) is 6.54 Å². The molecular weight excluding hydrogens is 314 g/mol. The molecule has 1 amide bonds. The SMILES string of the molecule is COc1cc(C)n(CCNC(=O)c2cccnc2SC)c(=O)c1. The van der Waals surface area contributed by atoms with E-state index in [0.29, 0.717) is 29.4 Å². The lowest BCUT2D eigenvalue weighted by Crippen LogP contribution is -2.31. The molecule has 0 saturated heterocycles. The minimum Gasteiger partial charge on any atom is -0.496 e. The standard InChI is InChI=1S/C16H19N3O3S/c1-11-9-12(22-2)10-14(20)19(11)8-7-17-15(21)13-5-4-6-18-16(13)23-3/h4-6,9-10H,7-8H2,1-3H3,(H,17,21). The van der Waals surface area contributed by atoms with Crippen molar-refractivity contribution in [1.29, 1.82) is 0 Å². The Morgan fingerprint density at radius 3 is 2.87 bits per heavy atom. The molecule has 0 aromatic carbocycles. The highest BCUT2D eigenvalue weighted by Gasteiger charge is 2.11. The number of aryl methyl sites for hydroxylation is 1. The molecule has 2 aromatic rings. The van der Waals surface area contributed by atoms with Gasteiger partial charge >= 0.3 is 0 Å². The maximum absolute atomic E-state index is 12.2. The van der Waals surface area contributed by atoms with Gasteiger partial charge in [0.15, 0.2) is 0 Å². The molecule has 23 heavy (non-hydrogen) atoms. The highest BCUT2D eigenvalue weighted by atomic mass is 32.2. The quantitative estimate of drug-likeness (QED) is 0.815. The Kier molecular flexibility index (Phi) is 5.81. The van der Waals surface area contributed by atoms with Gasteiger partial charge in [-0.25, -0.2) is 4.98 Å². The zero-order valence-electron chi connectivity index (χ0n) is 13.3. The summed E-state index contributed by atoms with van der Waals surface area (Å²) in [5.41, 5.74) is 1.18. The molecule has 0 radical (unpaired) electrons. The van der Waals surface area contributed by atoms with Crippen LogP contribution in [0.3, 0.4) is 0 Å². The highest BCUT2D eigenvalue weighted by molar-refractivity contribution is 7.98. The van der Waals surface area contributed by atoms with E-state index in [2.05, 4.69) is 10.3 Å². The fraction of sp³-hybridized carbons (Fsp3) is 0.312. The van der Waals surface area contributed by atoms with Gasteiger partial charge in [0.05, 0.1) is 12.7 Å². The van der Waals surface area contributed by atoms with E-state index in [9.17, 15) is 9.59 Å². The molecule has 1 N–H and O–H groups in total. The monoisotopic (exact) mass is 333 g/mol. The molecule has 0 aliphatic heterocycles. The van der Waals surface area contributed by atoms with Gasteiger partial charge < -0.3 is 14.6 Å². The van der Waals surface area contributed by atoms with Crippen molar-refractivity contribution in [1.82, 2.24) is 14.9 Å². The third kappa shape index (κ3) is 4.13. The lowest BCUT2D eigenvalue weighted by Gasteiger charge is -2.12. The van der Waals surface area contributed by atoms with Crippen molar-refractivity contribution in [3.05, 3.63) is 52.1 Å². The predicted molar refractivity (Wildman–Crippen MR) is 90.3 cm³/mol. The number of pyridine rings is 2. The van der Waals surface area contributed by atoms with Gasteiger partial charge in [0.25, 0.3) is 11.5 Å². The molecule has 0 bridgehead atoms. The van der Waals surface area contributed by atoms with Gasteiger partial charge in [-0.05, 0) is 31.4 Å². The lowest BCUT2D eigenvalue weighted by atomic mass is 10.2. The fourth-order valence-electron chi connectivity index (χ4n) is 2.21. The zero-order valence-corrected chi connectivity index (χ0v) is 14.1.